The molecule has 0 aromatic heterocycles. The summed E-state index contributed by atoms with van der Waals surface area (Å²) in [5.74, 6) is 0. The molecule has 0 radical (unpaired) electrons. The van der Waals surface area contributed by atoms with Crippen LogP contribution in [0.15, 0.2) is 22.1 Å². The minimum Gasteiger partial charge on any atom is -0.378 e. The van der Waals surface area contributed by atoms with Gasteiger partial charge in [0.25, 0.3) is 0 Å². The van der Waals surface area contributed by atoms with Gasteiger partial charge in [-0.05, 0) is 42.1 Å². The molecule has 100 valence electrons. The Morgan fingerprint density at radius 1 is 1.33 bits per heavy atom. The summed E-state index contributed by atoms with van der Waals surface area (Å²) in [6.07, 6.45) is 8.15. The van der Waals surface area contributed by atoms with E-state index < -0.39 is 0 Å². The van der Waals surface area contributed by atoms with Crippen LogP contribution in [0.25, 0.3) is 0 Å². The van der Waals surface area contributed by atoms with E-state index in [9.17, 15) is 0 Å². The lowest BCUT2D eigenvalue weighted by atomic mass is 10.0. The van der Waals surface area contributed by atoms with Gasteiger partial charge in [0.05, 0.1) is 13.2 Å². The summed E-state index contributed by atoms with van der Waals surface area (Å²) < 4.78 is 5.60. The zero-order valence-corrected chi connectivity index (χ0v) is 11.8. The third kappa shape index (κ3) is 2.52. The van der Waals surface area contributed by atoms with E-state index in [4.69, 9.17) is 10.5 Å². The number of nitrogens with two attached hydrogens (primary N) is 1. The largest absolute Gasteiger partial charge is 0.378 e. The molecule has 3 rings (SSSR count). The molecule has 4 heteroatoms. The Balaban J connectivity index is 1.65. The lowest BCUT2D eigenvalue weighted by molar-refractivity contribution is 0.0164. The molecule has 0 aromatic rings. The average molecular weight is 266 g/mol. The molecule has 3 aliphatic rings. The highest BCUT2D eigenvalue weighted by molar-refractivity contribution is 8.02. The van der Waals surface area contributed by atoms with Crippen LogP contribution in [-0.2, 0) is 4.74 Å². The standard InChI is InChI=1S/C14H22N2OS/c1-18-14-3-2-10-6-16(7-11(10)4-14)13-5-12(15)8-17-9-13/h4,12-13H,2-3,5-9,15H2,1H3. The topological polar surface area (TPSA) is 38.5 Å². The fraction of sp³-hybridized carbons (Fsp3) is 0.714. The Morgan fingerprint density at radius 3 is 3.00 bits per heavy atom. The van der Waals surface area contributed by atoms with Crippen LogP contribution < -0.4 is 5.73 Å². The zero-order chi connectivity index (χ0) is 12.5. The lowest BCUT2D eigenvalue weighted by Gasteiger charge is -2.34. The number of hydrogen-bond acceptors (Lipinski definition) is 4. The highest BCUT2D eigenvalue weighted by Gasteiger charge is 2.31. The summed E-state index contributed by atoms with van der Waals surface area (Å²) in [5.41, 5.74) is 9.21. The Morgan fingerprint density at radius 2 is 2.22 bits per heavy atom. The Kier molecular flexibility index (Phi) is 3.80. The third-order valence-electron chi connectivity index (χ3n) is 4.23. The molecule has 2 heterocycles. The van der Waals surface area contributed by atoms with E-state index in [2.05, 4.69) is 17.2 Å². The van der Waals surface area contributed by atoms with Crippen LogP contribution in [0.5, 0.6) is 0 Å². The van der Waals surface area contributed by atoms with Gasteiger partial charge in [0.1, 0.15) is 0 Å². The second kappa shape index (κ2) is 5.37. The quantitative estimate of drug-likeness (QED) is 0.826. The molecule has 0 saturated carbocycles. The van der Waals surface area contributed by atoms with Crippen LogP contribution in [0, 0.1) is 0 Å². The van der Waals surface area contributed by atoms with Gasteiger partial charge in [-0.1, -0.05) is 5.57 Å². The number of nitrogens with zero attached hydrogens (tertiary/aromatic N) is 1. The number of thioether (sulfide) groups is 1. The SMILES string of the molecule is CSC1=CC2=C(CC1)CN(C1COCC(N)C1)C2. The first-order valence-corrected chi connectivity index (χ1v) is 8.01. The molecule has 2 unspecified atom stereocenters. The minimum absolute atomic E-state index is 0.221. The normalized spacial score (nSPS) is 33.6. The molecule has 1 fully saturated rings. The molecule has 2 aliphatic heterocycles. The molecular formula is C14H22N2OS. The zero-order valence-electron chi connectivity index (χ0n) is 11.0. The molecule has 2 atom stereocenters. The predicted octanol–water partition coefficient (Wildman–Crippen LogP) is 1.76. The summed E-state index contributed by atoms with van der Waals surface area (Å²) >= 11 is 1.90. The molecular weight excluding hydrogens is 244 g/mol. The first-order valence-electron chi connectivity index (χ1n) is 6.79. The summed E-state index contributed by atoms with van der Waals surface area (Å²) in [6.45, 7) is 3.82. The van der Waals surface area contributed by atoms with Crippen molar-refractivity contribution in [1.82, 2.24) is 4.90 Å². The maximum Gasteiger partial charge on any atom is 0.0623 e. The van der Waals surface area contributed by atoms with Crippen molar-refractivity contribution >= 4 is 11.8 Å². The molecule has 2 N–H and O–H groups in total. The van der Waals surface area contributed by atoms with E-state index in [-0.39, 0.29) is 6.04 Å². The van der Waals surface area contributed by atoms with Crippen molar-refractivity contribution in [1.29, 1.82) is 0 Å². The van der Waals surface area contributed by atoms with Crippen LogP contribution in [0.2, 0.25) is 0 Å². The van der Waals surface area contributed by atoms with Gasteiger partial charge in [0.15, 0.2) is 0 Å². The Hall–Kier alpha value is -0.290. The minimum atomic E-state index is 0.221. The van der Waals surface area contributed by atoms with E-state index in [0.717, 1.165) is 32.7 Å². The summed E-state index contributed by atoms with van der Waals surface area (Å²) in [7, 11) is 0. The Labute approximate surface area is 113 Å². The van der Waals surface area contributed by atoms with Gasteiger partial charge in [0.2, 0.25) is 0 Å². The predicted molar refractivity (Wildman–Crippen MR) is 76.6 cm³/mol. The smallest absolute Gasteiger partial charge is 0.0623 e. The van der Waals surface area contributed by atoms with Crippen LogP contribution >= 0.6 is 11.8 Å². The Bertz CT molecular complexity index is 391. The van der Waals surface area contributed by atoms with Crippen molar-refractivity contribution in [2.45, 2.75) is 31.3 Å². The number of hydrogen-bond donors (Lipinski definition) is 1. The number of ether oxygens (including phenoxy) is 1. The van der Waals surface area contributed by atoms with Gasteiger partial charge >= 0.3 is 0 Å². The van der Waals surface area contributed by atoms with E-state index in [1.807, 2.05) is 11.8 Å². The van der Waals surface area contributed by atoms with Crippen molar-refractivity contribution in [2.24, 2.45) is 5.73 Å². The molecule has 1 saturated heterocycles. The van der Waals surface area contributed by atoms with Gasteiger partial charge in [-0.25, -0.2) is 0 Å². The van der Waals surface area contributed by atoms with Crippen molar-refractivity contribution in [3.63, 3.8) is 0 Å². The van der Waals surface area contributed by atoms with Crippen molar-refractivity contribution in [3.8, 4) is 0 Å². The second-order valence-corrected chi connectivity index (χ2v) is 6.47. The van der Waals surface area contributed by atoms with E-state index >= 15 is 0 Å². The molecule has 0 amide bonds. The van der Waals surface area contributed by atoms with Crippen molar-refractivity contribution in [2.75, 3.05) is 32.6 Å². The average Bonchev–Trinajstić information content (AvgIpc) is 2.81. The molecule has 0 bridgehead atoms. The summed E-state index contributed by atoms with van der Waals surface area (Å²) in [4.78, 5) is 4.09. The van der Waals surface area contributed by atoms with Crippen LogP contribution in [0.1, 0.15) is 19.3 Å². The highest BCUT2D eigenvalue weighted by atomic mass is 32.2. The summed E-state index contributed by atoms with van der Waals surface area (Å²) in [5, 5.41) is 0. The number of rotatable bonds is 2. The molecule has 18 heavy (non-hydrogen) atoms. The number of allylic oxidation sites excluding steroid dienone is 1. The first-order chi connectivity index (χ1) is 8.76. The molecule has 0 spiro atoms. The monoisotopic (exact) mass is 266 g/mol. The van der Waals surface area contributed by atoms with Gasteiger partial charge < -0.3 is 10.5 Å². The van der Waals surface area contributed by atoms with Gasteiger partial charge in [-0.3, -0.25) is 4.90 Å². The molecule has 3 nitrogen and oxygen atoms in total. The fourth-order valence-electron chi connectivity index (χ4n) is 3.18. The van der Waals surface area contributed by atoms with Crippen LogP contribution in [0.4, 0.5) is 0 Å². The summed E-state index contributed by atoms with van der Waals surface area (Å²) in [6, 6.07) is 0.740. The van der Waals surface area contributed by atoms with Gasteiger partial charge in [-0.15, -0.1) is 11.8 Å². The van der Waals surface area contributed by atoms with E-state index in [0.29, 0.717) is 6.04 Å². The van der Waals surface area contributed by atoms with Gasteiger partial charge in [0, 0.05) is 25.2 Å². The van der Waals surface area contributed by atoms with Crippen molar-refractivity contribution < 1.29 is 4.74 Å². The highest BCUT2D eigenvalue weighted by Crippen LogP contribution is 2.35. The third-order valence-corrected chi connectivity index (χ3v) is 5.07. The van der Waals surface area contributed by atoms with Crippen molar-refractivity contribution in [3.05, 3.63) is 22.1 Å². The fourth-order valence-corrected chi connectivity index (χ4v) is 3.74. The molecule has 1 aliphatic carbocycles. The first kappa shape index (κ1) is 12.7. The van der Waals surface area contributed by atoms with Gasteiger partial charge in [-0.2, -0.15) is 0 Å². The van der Waals surface area contributed by atoms with E-state index in [1.165, 1.54) is 17.7 Å². The maximum absolute atomic E-state index is 6.00. The second-order valence-electron chi connectivity index (χ2n) is 5.54. The lowest BCUT2D eigenvalue weighted by Crippen LogP contribution is -2.47. The van der Waals surface area contributed by atoms with Crippen LogP contribution in [-0.4, -0.2) is 49.5 Å². The van der Waals surface area contributed by atoms with E-state index in [1.54, 1.807) is 11.1 Å². The molecule has 0 aromatic carbocycles. The van der Waals surface area contributed by atoms with Crippen LogP contribution in [0.3, 0.4) is 0 Å². The maximum atomic E-state index is 6.00.